The molecule has 118 valence electrons. The molecule has 5 heteroatoms. The molecule has 4 aliphatic rings. The first kappa shape index (κ1) is 9.75. The molecule has 0 unspecified atom stereocenters. The molecule has 1 spiro atoms. The average Bonchev–Trinajstić information content (AvgIpc) is 2.81. The van der Waals surface area contributed by atoms with E-state index in [0.717, 1.165) is 5.56 Å². The molecular weight excluding hydrogens is 282 g/mol. The van der Waals surface area contributed by atoms with E-state index in [1.807, 2.05) is 11.9 Å². The summed E-state index contributed by atoms with van der Waals surface area (Å²) < 4.78 is 39.7. The van der Waals surface area contributed by atoms with Gasteiger partial charge in [-0.3, -0.25) is 0 Å². The molecule has 1 aromatic rings. The number of nitrogens with zero attached hydrogens (tertiary/aromatic N) is 1. The zero-order valence-corrected chi connectivity index (χ0v) is 12.3. The number of aromatic hydroxyl groups is 1. The summed E-state index contributed by atoms with van der Waals surface area (Å²) in [5.74, 6) is -0.238. The number of piperidine rings is 1. The van der Waals surface area contributed by atoms with Crippen molar-refractivity contribution in [2.45, 2.75) is 54.9 Å². The summed E-state index contributed by atoms with van der Waals surface area (Å²) in [6.07, 6.45) is -7.81. The number of benzene rings is 1. The van der Waals surface area contributed by atoms with Gasteiger partial charge in [0.1, 0.15) is 6.08 Å². The minimum Gasteiger partial charge on any atom is -0.504 e. The monoisotopic (exact) mass is 307 g/mol. The lowest BCUT2D eigenvalue weighted by Crippen LogP contribution is -2.76. The second-order valence-corrected chi connectivity index (χ2v) is 6.86. The molecule has 2 aliphatic carbocycles. The first-order valence-electron chi connectivity index (χ1n) is 9.62. The van der Waals surface area contributed by atoms with Gasteiger partial charge in [0.15, 0.2) is 11.5 Å². The molecule has 22 heavy (non-hydrogen) atoms. The number of hydrogen-bond donors (Lipinski definition) is 3. The quantitative estimate of drug-likeness (QED) is 0.652. The number of phenols is 1. The molecule has 2 bridgehead atoms. The van der Waals surface area contributed by atoms with E-state index in [1.54, 1.807) is 6.07 Å². The molecule has 0 aromatic heterocycles. The largest absolute Gasteiger partial charge is 0.504 e. The third-order valence-corrected chi connectivity index (χ3v) is 6.06. The predicted molar refractivity (Wildman–Crippen MR) is 79.1 cm³/mol. The smallest absolute Gasteiger partial charge is 0.165 e. The zero-order chi connectivity index (χ0) is 18.9. The molecule has 0 radical (unpaired) electrons. The Labute approximate surface area is 134 Å². The maximum atomic E-state index is 11.8. The van der Waals surface area contributed by atoms with E-state index in [2.05, 4.69) is 0 Å². The van der Waals surface area contributed by atoms with Crippen LogP contribution >= 0.6 is 0 Å². The minimum atomic E-state index is -2.92. The van der Waals surface area contributed by atoms with Crippen LogP contribution in [0.25, 0.3) is 0 Å². The molecule has 1 aromatic carbocycles. The van der Waals surface area contributed by atoms with E-state index in [4.69, 9.17) is 10.2 Å². The van der Waals surface area contributed by atoms with Crippen LogP contribution in [0, 0.1) is 0 Å². The van der Waals surface area contributed by atoms with E-state index in [-0.39, 0.29) is 17.9 Å². The number of likely N-dealkylation sites (N-methyl/N-ethyl adjacent to an activating group) is 1. The molecule has 2 heterocycles. The summed E-state index contributed by atoms with van der Waals surface area (Å²) in [7, 11) is 1.85. The highest BCUT2D eigenvalue weighted by atomic mass is 16.5. The van der Waals surface area contributed by atoms with Crippen LogP contribution < -0.4 is 4.74 Å². The van der Waals surface area contributed by atoms with Crippen molar-refractivity contribution in [3.05, 3.63) is 23.3 Å². The predicted octanol–water partition coefficient (Wildman–Crippen LogP) is 0.537. The van der Waals surface area contributed by atoms with E-state index in [1.165, 1.54) is 6.07 Å². The first-order chi connectivity index (χ1) is 11.9. The van der Waals surface area contributed by atoms with E-state index in [9.17, 15) is 15.3 Å². The lowest BCUT2D eigenvalue weighted by atomic mass is 9.49. The molecule has 5 rings (SSSR count). The van der Waals surface area contributed by atoms with Crippen molar-refractivity contribution in [2.24, 2.45) is 0 Å². The van der Waals surface area contributed by atoms with Gasteiger partial charge < -0.3 is 25.0 Å². The number of aliphatic hydroxyl groups is 2. The van der Waals surface area contributed by atoms with Crippen molar-refractivity contribution in [1.82, 2.24) is 4.90 Å². The maximum absolute atomic E-state index is 11.8. The Hall–Kier alpha value is -1.30. The summed E-state index contributed by atoms with van der Waals surface area (Å²) in [6, 6.07) is 2.70. The Bertz CT molecular complexity index is 848. The molecule has 1 saturated heterocycles. The van der Waals surface area contributed by atoms with Gasteiger partial charge >= 0.3 is 0 Å². The lowest BCUT2D eigenvalue weighted by Gasteiger charge is -2.63. The summed E-state index contributed by atoms with van der Waals surface area (Å²) in [4.78, 5) is 1.95. The average molecular weight is 307 g/mol. The molecule has 1 saturated carbocycles. The Morgan fingerprint density at radius 1 is 1.45 bits per heavy atom. The third-order valence-electron chi connectivity index (χ3n) is 6.06. The number of hydrogen-bond acceptors (Lipinski definition) is 5. The fourth-order valence-electron chi connectivity index (χ4n) is 5.02. The Balaban J connectivity index is 1.93. The molecule has 2 fully saturated rings. The van der Waals surface area contributed by atoms with Crippen LogP contribution in [0.2, 0.25) is 0 Å². The van der Waals surface area contributed by atoms with E-state index >= 15 is 0 Å². The van der Waals surface area contributed by atoms with E-state index < -0.39 is 42.0 Å². The topological polar surface area (TPSA) is 73.2 Å². The fourth-order valence-corrected chi connectivity index (χ4v) is 5.02. The zero-order valence-electron chi connectivity index (χ0n) is 16.3. The van der Waals surface area contributed by atoms with Crippen LogP contribution in [0.4, 0.5) is 0 Å². The lowest BCUT2D eigenvalue weighted by molar-refractivity contribution is -0.204. The summed E-state index contributed by atoms with van der Waals surface area (Å²) in [6.45, 7) is 0.505. The highest BCUT2D eigenvalue weighted by Crippen LogP contribution is 2.65. The number of likely N-dealkylation sites (tertiary alicyclic amines) is 1. The van der Waals surface area contributed by atoms with Gasteiger partial charge in [-0.1, -0.05) is 6.07 Å². The molecule has 5 atom stereocenters. The van der Waals surface area contributed by atoms with Gasteiger partial charge in [0.05, 0.1) is 19.8 Å². The van der Waals surface area contributed by atoms with Crippen molar-refractivity contribution >= 4 is 0 Å². The van der Waals surface area contributed by atoms with Crippen molar-refractivity contribution in [3.63, 3.8) is 0 Å². The van der Waals surface area contributed by atoms with Gasteiger partial charge in [0.25, 0.3) is 0 Å². The van der Waals surface area contributed by atoms with Crippen LogP contribution in [-0.4, -0.2) is 57.6 Å². The van der Waals surface area contributed by atoms with Crippen LogP contribution in [0.1, 0.15) is 35.8 Å². The van der Waals surface area contributed by atoms with Crippen LogP contribution in [-0.2, 0) is 11.8 Å². The van der Waals surface area contributed by atoms with Gasteiger partial charge in [0, 0.05) is 14.3 Å². The highest BCUT2D eigenvalue weighted by molar-refractivity contribution is 5.62. The van der Waals surface area contributed by atoms with Gasteiger partial charge in [-0.25, -0.2) is 0 Å². The SMILES string of the molecule is [2H]C1([2H])C[C@@]2(O)[C@@H]3Cc4ccc(O)c5c4[C@@]2(CCN3C)[C@@]([2H])(O5)[C@]1([2H])O. The number of ether oxygens (including phenoxy) is 1. The first-order valence-corrected chi connectivity index (χ1v) is 7.62. The minimum absolute atomic E-state index is 0.0118. The second kappa shape index (κ2) is 3.78. The van der Waals surface area contributed by atoms with Crippen molar-refractivity contribution in [2.75, 3.05) is 13.6 Å². The maximum Gasteiger partial charge on any atom is 0.165 e. The van der Waals surface area contributed by atoms with Gasteiger partial charge in [-0.15, -0.1) is 0 Å². The van der Waals surface area contributed by atoms with E-state index in [0.29, 0.717) is 18.5 Å². The van der Waals surface area contributed by atoms with Crippen molar-refractivity contribution in [1.29, 1.82) is 0 Å². The normalized spacial score (nSPS) is 57.0. The molecule has 3 N–H and O–H groups in total. The van der Waals surface area contributed by atoms with Crippen molar-refractivity contribution in [3.8, 4) is 11.5 Å². The Morgan fingerprint density at radius 2 is 2.27 bits per heavy atom. The van der Waals surface area contributed by atoms with Crippen molar-refractivity contribution < 1.29 is 25.5 Å². The summed E-state index contributed by atoms with van der Waals surface area (Å²) in [5.41, 5.74) is -1.93. The molecule has 5 nitrogen and oxygen atoms in total. The van der Waals surface area contributed by atoms with Crippen LogP contribution in [0.3, 0.4) is 0 Å². The Morgan fingerprint density at radius 3 is 3.09 bits per heavy atom. The van der Waals surface area contributed by atoms with Crippen LogP contribution in [0.5, 0.6) is 11.5 Å². The number of phenolic OH excluding ortho intramolecular Hbond substituents is 1. The van der Waals surface area contributed by atoms with Gasteiger partial charge in [-0.2, -0.15) is 0 Å². The molecule has 2 aliphatic heterocycles. The molecule has 0 amide bonds. The van der Waals surface area contributed by atoms with Gasteiger partial charge in [-0.05, 0) is 50.9 Å². The second-order valence-electron chi connectivity index (χ2n) is 6.86. The van der Waals surface area contributed by atoms with Gasteiger partial charge in [0.2, 0.25) is 0 Å². The summed E-state index contributed by atoms with van der Waals surface area (Å²) >= 11 is 0. The highest BCUT2D eigenvalue weighted by Gasteiger charge is 2.72. The fraction of sp³-hybridized carbons (Fsp3) is 0.647. The van der Waals surface area contributed by atoms with Crippen LogP contribution in [0.15, 0.2) is 12.1 Å². The molecular formula is C17H21NO4. The standard InChI is InChI=1S/C17H21NO4/c1-18-7-6-16-13-9-2-3-10(19)14(13)22-15(16)11(20)4-5-17(16,21)12(18)8-9/h2-3,11-12,15,19-21H,4-8H2,1H3/t11-,12+,15+,16+,17-/m1/s1/i4D2,11D,15D. The summed E-state index contributed by atoms with van der Waals surface area (Å²) in [5, 5.41) is 33.1. The number of rotatable bonds is 0. The third kappa shape index (κ3) is 1.17. The Kier molecular flexibility index (Phi) is 1.67.